The van der Waals surface area contributed by atoms with Gasteiger partial charge in [0.15, 0.2) is 0 Å². The molecule has 0 saturated heterocycles. The summed E-state index contributed by atoms with van der Waals surface area (Å²) >= 11 is -2.25. The van der Waals surface area contributed by atoms with Crippen LogP contribution in [-0.4, -0.2) is 5.48 Å². The Bertz CT molecular complexity index is 25.9. The summed E-state index contributed by atoms with van der Waals surface area (Å²) in [5.74, 6) is 0. The predicted octanol–water partition coefficient (Wildman–Crippen LogP) is -1.07. The van der Waals surface area contributed by atoms with Crippen LogP contribution in [0, 0.1) is 0 Å². The monoisotopic (exact) mass is 418 g/mol. The van der Waals surface area contributed by atoms with Gasteiger partial charge < -0.3 is 5.48 Å². The van der Waals surface area contributed by atoms with E-state index in [4.69, 9.17) is 6.80 Å². The zero-order chi connectivity index (χ0) is 2.71. The molecule has 0 aromatic heterocycles. The molecule has 0 aromatic carbocycles. The summed E-state index contributed by atoms with van der Waals surface area (Å²) in [4.78, 5) is 0. The van der Waals surface area contributed by atoms with E-state index in [1.807, 2.05) is 0 Å². The Kier molecular flexibility index (Phi) is 68.4. The van der Waals surface area contributed by atoms with Gasteiger partial charge in [-0.1, -0.05) is 0 Å². The van der Waals surface area contributed by atoms with E-state index in [2.05, 4.69) is 0 Å². The van der Waals surface area contributed by atoms with E-state index < -0.39 is 18.5 Å². The standard InChI is InChI=1S/H2O.2O.2W/h1H2;;;;. The first-order chi connectivity index (χ1) is 1.41. The van der Waals surface area contributed by atoms with E-state index in [1.165, 1.54) is 0 Å². The van der Waals surface area contributed by atoms with Gasteiger partial charge in [0.25, 0.3) is 0 Å². The van der Waals surface area contributed by atoms with Gasteiger partial charge in [-0.25, -0.2) is 0 Å². The molecule has 0 amide bonds. The molecule has 0 radical (unpaired) electrons. The minimum atomic E-state index is -2.25. The van der Waals surface area contributed by atoms with E-state index in [9.17, 15) is 0 Å². The van der Waals surface area contributed by atoms with Gasteiger partial charge in [0.05, 0.1) is 0 Å². The fraction of sp³-hybridized carbons (Fsp3) is 0. The maximum Gasteiger partial charge on any atom is 0 e. The normalized spacial score (nSPS) is 2.40. The first kappa shape index (κ1) is 16.8. The van der Waals surface area contributed by atoms with Crippen LogP contribution in [0.15, 0.2) is 0 Å². The second-order valence-corrected chi connectivity index (χ2v) is 0.557. The SMILES string of the molecule is O.[O]=[W]=[O].[W]. The first-order valence-electron chi connectivity index (χ1n) is 0.333. The molecule has 0 aliphatic carbocycles. The number of hydrogen-bond donors (Lipinski definition) is 0. The van der Waals surface area contributed by atoms with Gasteiger partial charge in [-0.3, -0.25) is 0 Å². The van der Waals surface area contributed by atoms with Gasteiger partial charge in [0.1, 0.15) is 0 Å². The van der Waals surface area contributed by atoms with Crippen molar-refractivity contribution in [2.75, 3.05) is 0 Å². The summed E-state index contributed by atoms with van der Waals surface area (Å²) in [6, 6.07) is 0. The van der Waals surface area contributed by atoms with E-state index in [0.29, 0.717) is 0 Å². The predicted molar refractivity (Wildman–Crippen MR) is 4.99 cm³/mol. The molecule has 0 aliphatic heterocycles. The summed E-state index contributed by atoms with van der Waals surface area (Å²) in [6.07, 6.45) is 0. The van der Waals surface area contributed by atoms with Crippen LogP contribution >= 0.6 is 0 Å². The smallest absolute Gasteiger partial charge is 0 e. The number of hydrogen-bond acceptors (Lipinski definition) is 2. The summed E-state index contributed by atoms with van der Waals surface area (Å²) in [5.41, 5.74) is 0. The fourth-order valence-electron chi connectivity index (χ4n) is 0. The molecule has 0 aromatic rings. The average molecular weight is 418 g/mol. The largest absolute Gasteiger partial charge is 0 e. The molecule has 2 N–H and O–H groups in total. The van der Waals surface area contributed by atoms with Crippen LogP contribution in [0.2, 0.25) is 0 Å². The minimum absolute atomic E-state index is 0. The van der Waals surface area contributed by atoms with Crippen LogP contribution in [0.1, 0.15) is 0 Å². The van der Waals surface area contributed by atoms with Crippen LogP contribution in [0.3, 0.4) is 0 Å². The Morgan fingerprint density at radius 1 is 1.20 bits per heavy atom. The van der Waals surface area contributed by atoms with E-state index >= 15 is 0 Å². The van der Waals surface area contributed by atoms with E-state index in [-0.39, 0.29) is 26.5 Å². The minimum Gasteiger partial charge on any atom is 0 e. The maximum absolute atomic E-state index is 8.54. The third-order valence-electron chi connectivity index (χ3n) is 0. The summed E-state index contributed by atoms with van der Waals surface area (Å²) < 4.78 is 17.1. The molecular formula is H2O3W2. The van der Waals surface area contributed by atoms with Crippen molar-refractivity contribution >= 4 is 0 Å². The van der Waals surface area contributed by atoms with Crippen LogP contribution < -0.4 is 0 Å². The van der Waals surface area contributed by atoms with Gasteiger partial charge in [-0.15, -0.1) is 0 Å². The second-order valence-electron chi connectivity index (χ2n) is 0.0680. The van der Waals surface area contributed by atoms with Crippen molar-refractivity contribution < 1.29 is 51.8 Å². The Labute approximate surface area is 51.9 Å². The third-order valence-corrected chi connectivity index (χ3v) is 0. The van der Waals surface area contributed by atoms with Crippen molar-refractivity contribution in [1.82, 2.24) is 0 Å². The zero-order valence-corrected chi connectivity index (χ0v) is 8.00. The van der Waals surface area contributed by atoms with Crippen molar-refractivity contribution in [3.05, 3.63) is 0 Å². The first-order valence-corrected chi connectivity index (χ1v) is 2.73. The Morgan fingerprint density at radius 2 is 1.20 bits per heavy atom. The van der Waals surface area contributed by atoms with Crippen LogP contribution in [0.4, 0.5) is 0 Å². The molecule has 5 heavy (non-hydrogen) atoms. The Hall–Kier alpha value is 0.937. The van der Waals surface area contributed by atoms with Crippen molar-refractivity contribution in [1.29, 1.82) is 0 Å². The molecule has 0 bridgehead atoms. The van der Waals surface area contributed by atoms with Crippen LogP contribution in [0.5, 0.6) is 0 Å². The van der Waals surface area contributed by atoms with Crippen molar-refractivity contribution in [3.63, 3.8) is 0 Å². The van der Waals surface area contributed by atoms with Gasteiger partial charge in [0, 0.05) is 21.1 Å². The molecule has 0 fully saturated rings. The molecule has 0 heterocycles. The summed E-state index contributed by atoms with van der Waals surface area (Å²) in [6.45, 7) is 0. The van der Waals surface area contributed by atoms with Crippen LogP contribution in [0.25, 0.3) is 0 Å². The summed E-state index contributed by atoms with van der Waals surface area (Å²) in [5, 5.41) is 0. The molecule has 0 aliphatic rings. The molecule has 0 atom stereocenters. The topological polar surface area (TPSA) is 65.6 Å². The van der Waals surface area contributed by atoms with Gasteiger partial charge in [-0.2, -0.15) is 0 Å². The molecule has 3 nitrogen and oxygen atoms in total. The molecule has 0 rings (SSSR count). The van der Waals surface area contributed by atoms with E-state index in [0.717, 1.165) is 0 Å². The van der Waals surface area contributed by atoms with Crippen molar-refractivity contribution in [3.8, 4) is 0 Å². The van der Waals surface area contributed by atoms with E-state index in [1.54, 1.807) is 0 Å². The van der Waals surface area contributed by atoms with Gasteiger partial charge >= 0.3 is 25.3 Å². The molecule has 32 valence electrons. The fourth-order valence-corrected chi connectivity index (χ4v) is 0. The van der Waals surface area contributed by atoms with Crippen molar-refractivity contribution in [2.24, 2.45) is 0 Å². The third kappa shape index (κ3) is 48.5. The Balaban J connectivity index is -0.0000000200. The van der Waals surface area contributed by atoms with Crippen molar-refractivity contribution in [2.45, 2.75) is 0 Å². The molecule has 0 saturated carbocycles. The Morgan fingerprint density at radius 3 is 1.20 bits per heavy atom. The second kappa shape index (κ2) is 20.4. The van der Waals surface area contributed by atoms with Gasteiger partial charge in [-0.05, 0) is 0 Å². The zero-order valence-electron chi connectivity index (χ0n) is 2.13. The maximum atomic E-state index is 8.54. The number of rotatable bonds is 0. The molecule has 5 heteroatoms. The molecule has 0 unspecified atom stereocenters. The quantitative estimate of drug-likeness (QED) is 0.504. The summed E-state index contributed by atoms with van der Waals surface area (Å²) in [7, 11) is 0. The van der Waals surface area contributed by atoms with Gasteiger partial charge in [0.2, 0.25) is 0 Å². The average Bonchev–Trinajstić information content (AvgIpc) is 0.918. The molecular weight excluding hydrogens is 416 g/mol. The molecule has 0 spiro atoms. The van der Waals surface area contributed by atoms with Crippen LogP contribution in [-0.2, 0) is 46.3 Å².